The number of anilines is 1. The standard InChI is InChI=1S/C12H14N6O2/c1-7-15-11-3-2-8(6-18(11)17-7)16-10-5-13-9(4-14-10)12(19)20/h4-5,8H,2-3,6H2,1H3,(H,14,16)(H,19,20). The molecule has 0 amide bonds. The van der Waals surface area contributed by atoms with E-state index in [4.69, 9.17) is 5.11 Å². The number of carbonyl (C=O) groups is 1. The first-order chi connectivity index (χ1) is 9.61. The van der Waals surface area contributed by atoms with Crippen molar-refractivity contribution < 1.29 is 9.90 Å². The summed E-state index contributed by atoms with van der Waals surface area (Å²) >= 11 is 0. The van der Waals surface area contributed by atoms with E-state index in [0.29, 0.717) is 5.82 Å². The van der Waals surface area contributed by atoms with Crippen LogP contribution in [0.25, 0.3) is 0 Å². The molecule has 8 heteroatoms. The van der Waals surface area contributed by atoms with E-state index in [-0.39, 0.29) is 11.7 Å². The van der Waals surface area contributed by atoms with Crippen LogP contribution in [-0.4, -0.2) is 41.9 Å². The highest BCUT2D eigenvalue weighted by Crippen LogP contribution is 2.16. The first kappa shape index (κ1) is 12.5. The van der Waals surface area contributed by atoms with Gasteiger partial charge in [0.05, 0.1) is 18.9 Å². The van der Waals surface area contributed by atoms with Crippen LogP contribution in [0.5, 0.6) is 0 Å². The zero-order valence-electron chi connectivity index (χ0n) is 10.9. The average molecular weight is 274 g/mol. The lowest BCUT2D eigenvalue weighted by Gasteiger charge is -2.23. The first-order valence-electron chi connectivity index (χ1n) is 6.34. The van der Waals surface area contributed by atoms with Gasteiger partial charge in [-0.05, 0) is 13.3 Å². The van der Waals surface area contributed by atoms with Crippen LogP contribution in [-0.2, 0) is 13.0 Å². The van der Waals surface area contributed by atoms with Gasteiger partial charge < -0.3 is 10.4 Å². The van der Waals surface area contributed by atoms with Crippen LogP contribution in [0.2, 0.25) is 0 Å². The highest BCUT2D eigenvalue weighted by molar-refractivity contribution is 5.84. The smallest absolute Gasteiger partial charge is 0.356 e. The first-order valence-corrected chi connectivity index (χ1v) is 6.34. The van der Waals surface area contributed by atoms with E-state index in [0.717, 1.165) is 31.0 Å². The summed E-state index contributed by atoms with van der Waals surface area (Å²) in [5.74, 6) is 1.28. The van der Waals surface area contributed by atoms with E-state index in [2.05, 4.69) is 25.4 Å². The van der Waals surface area contributed by atoms with E-state index >= 15 is 0 Å². The van der Waals surface area contributed by atoms with Gasteiger partial charge in [0.1, 0.15) is 17.5 Å². The molecule has 0 radical (unpaired) electrons. The van der Waals surface area contributed by atoms with Crippen LogP contribution >= 0.6 is 0 Å². The van der Waals surface area contributed by atoms with Gasteiger partial charge in [0.25, 0.3) is 0 Å². The Morgan fingerprint density at radius 2 is 2.30 bits per heavy atom. The van der Waals surface area contributed by atoms with E-state index in [1.807, 2.05) is 11.6 Å². The fourth-order valence-electron chi connectivity index (χ4n) is 2.27. The van der Waals surface area contributed by atoms with Gasteiger partial charge in [-0.15, -0.1) is 0 Å². The quantitative estimate of drug-likeness (QED) is 0.839. The third-order valence-corrected chi connectivity index (χ3v) is 3.19. The lowest BCUT2D eigenvalue weighted by atomic mass is 10.1. The molecule has 3 rings (SSSR count). The molecule has 20 heavy (non-hydrogen) atoms. The average Bonchev–Trinajstić information content (AvgIpc) is 2.78. The Balaban J connectivity index is 1.68. The summed E-state index contributed by atoms with van der Waals surface area (Å²) in [5, 5.41) is 16.3. The minimum Gasteiger partial charge on any atom is -0.476 e. The molecule has 104 valence electrons. The Bertz CT molecular complexity index is 636. The van der Waals surface area contributed by atoms with E-state index in [1.165, 1.54) is 12.4 Å². The molecule has 1 aliphatic heterocycles. The van der Waals surface area contributed by atoms with E-state index < -0.39 is 5.97 Å². The molecule has 2 N–H and O–H groups in total. The van der Waals surface area contributed by atoms with Crippen molar-refractivity contribution in [1.82, 2.24) is 24.7 Å². The van der Waals surface area contributed by atoms with Crippen molar-refractivity contribution in [2.45, 2.75) is 32.4 Å². The van der Waals surface area contributed by atoms with Gasteiger partial charge in [-0.2, -0.15) is 5.10 Å². The molecular weight excluding hydrogens is 260 g/mol. The Hall–Kier alpha value is -2.51. The fraction of sp³-hybridized carbons (Fsp3) is 0.417. The minimum absolute atomic E-state index is 0.0617. The number of nitrogens with one attached hydrogen (secondary N) is 1. The van der Waals surface area contributed by atoms with Crippen molar-refractivity contribution in [2.24, 2.45) is 0 Å². The molecule has 2 aromatic heterocycles. The largest absolute Gasteiger partial charge is 0.476 e. The zero-order valence-corrected chi connectivity index (χ0v) is 10.9. The number of carboxylic acids is 1. The maximum atomic E-state index is 10.7. The van der Waals surface area contributed by atoms with Gasteiger partial charge in [0.15, 0.2) is 5.69 Å². The van der Waals surface area contributed by atoms with Gasteiger partial charge in [0.2, 0.25) is 0 Å². The highest BCUT2D eigenvalue weighted by atomic mass is 16.4. The van der Waals surface area contributed by atoms with Gasteiger partial charge in [-0.25, -0.2) is 24.4 Å². The van der Waals surface area contributed by atoms with Crippen LogP contribution < -0.4 is 5.32 Å². The number of hydrogen-bond donors (Lipinski definition) is 2. The van der Waals surface area contributed by atoms with Crippen LogP contribution in [0.3, 0.4) is 0 Å². The van der Waals surface area contributed by atoms with E-state index in [1.54, 1.807) is 0 Å². The molecular formula is C12H14N6O2. The summed E-state index contributed by atoms with van der Waals surface area (Å²) in [6.07, 6.45) is 4.48. The van der Waals surface area contributed by atoms with Crippen molar-refractivity contribution in [3.05, 3.63) is 29.7 Å². The van der Waals surface area contributed by atoms with Gasteiger partial charge >= 0.3 is 5.97 Å². The molecule has 0 aliphatic carbocycles. The van der Waals surface area contributed by atoms with Gasteiger partial charge in [-0.3, -0.25) is 0 Å². The molecule has 8 nitrogen and oxygen atoms in total. The normalized spacial score (nSPS) is 17.6. The predicted molar refractivity (Wildman–Crippen MR) is 69.5 cm³/mol. The molecule has 3 heterocycles. The Labute approximate surface area is 114 Å². The summed E-state index contributed by atoms with van der Waals surface area (Å²) < 4.78 is 1.90. The summed E-state index contributed by atoms with van der Waals surface area (Å²) in [6.45, 7) is 2.60. The minimum atomic E-state index is -1.08. The molecule has 0 saturated carbocycles. The molecule has 0 saturated heterocycles. The summed E-state index contributed by atoms with van der Waals surface area (Å²) in [5.41, 5.74) is -0.0617. The highest BCUT2D eigenvalue weighted by Gasteiger charge is 2.21. The van der Waals surface area contributed by atoms with Gasteiger partial charge in [-0.1, -0.05) is 0 Å². The molecule has 0 spiro atoms. The number of hydrogen-bond acceptors (Lipinski definition) is 6. The van der Waals surface area contributed by atoms with Crippen molar-refractivity contribution in [3.63, 3.8) is 0 Å². The third-order valence-electron chi connectivity index (χ3n) is 3.19. The third kappa shape index (κ3) is 2.44. The van der Waals surface area contributed by atoms with Crippen molar-refractivity contribution in [2.75, 3.05) is 5.32 Å². The molecule has 1 aliphatic rings. The Morgan fingerprint density at radius 1 is 1.45 bits per heavy atom. The second-order valence-electron chi connectivity index (χ2n) is 4.73. The number of rotatable bonds is 3. The lowest BCUT2D eigenvalue weighted by Crippen LogP contribution is -2.32. The Morgan fingerprint density at radius 3 is 3.00 bits per heavy atom. The van der Waals surface area contributed by atoms with Crippen LogP contribution in [0.15, 0.2) is 12.4 Å². The summed E-state index contributed by atoms with van der Waals surface area (Å²) in [6, 6.07) is 0.188. The van der Waals surface area contributed by atoms with Gasteiger partial charge in [0, 0.05) is 12.5 Å². The molecule has 0 aromatic carbocycles. The molecule has 0 fully saturated rings. The van der Waals surface area contributed by atoms with Crippen molar-refractivity contribution in [1.29, 1.82) is 0 Å². The lowest BCUT2D eigenvalue weighted by molar-refractivity contribution is 0.0690. The number of nitrogens with zero attached hydrogens (tertiary/aromatic N) is 5. The monoisotopic (exact) mass is 274 g/mol. The topological polar surface area (TPSA) is 106 Å². The van der Waals surface area contributed by atoms with Crippen LogP contribution in [0.1, 0.15) is 28.6 Å². The zero-order chi connectivity index (χ0) is 14.1. The van der Waals surface area contributed by atoms with Crippen LogP contribution in [0, 0.1) is 6.92 Å². The number of aromatic carboxylic acids is 1. The van der Waals surface area contributed by atoms with Crippen molar-refractivity contribution in [3.8, 4) is 0 Å². The van der Waals surface area contributed by atoms with E-state index in [9.17, 15) is 4.79 Å². The number of aryl methyl sites for hydroxylation is 2. The van der Waals surface area contributed by atoms with Crippen molar-refractivity contribution >= 4 is 11.8 Å². The molecule has 2 aromatic rings. The maximum Gasteiger partial charge on any atom is 0.356 e. The summed E-state index contributed by atoms with van der Waals surface area (Å²) in [7, 11) is 0. The maximum absolute atomic E-state index is 10.7. The van der Waals surface area contributed by atoms with Crippen LogP contribution in [0.4, 0.5) is 5.82 Å². The molecule has 0 bridgehead atoms. The Kier molecular flexibility index (Phi) is 3.05. The molecule has 1 unspecified atom stereocenters. The predicted octanol–water partition coefficient (Wildman–Crippen LogP) is 0.502. The number of fused-ring (bicyclic) bond motifs is 1. The second kappa shape index (κ2) is 4.87. The SMILES string of the molecule is Cc1nc2n(n1)CC(Nc1cnc(C(=O)O)cn1)CC2. The fourth-order valence-corrected chi connectivity index (χ4v) is 2.27. The summed E-state index contributed by atoms with van der Waals surface area (Å²) in [4.78, 5) is 22.9. The second-order valence-corrected chi connectivity index (χ2v) is 4.73. The number of aromatic nitrogens is 5. The number of carboxylic acid groups (broad SMARTS) is 1. The molecule has 1 atom stereocenters.